The molecule has 0 nitrogen and oxygen atoms in total. The van der Waals surface area contributed by atoms with E-state index in [4.69, 9.17) is 0 Å². The maximum atomic E-state index is 2.36. The van der Waals surface area contributed by atoms with Crippen LogP contribution >= 0.6 is 0 Å². The van der Waals surface area contributed by atoms with E-state index in [2.05, 4.69) is 27.7 Å². The fourth-order valence-corrected chi connectivity index (χ4v) is 4.17. The van der Waals surface area contributed by atoms with E-state index in [0.29, 0.717) is 0 Å². The lowest BCUT2D eigenvalue weighted by Crippen LogP contribution is -2.05. The molecule has 0 rings (SSSR count). The SMILES string of the molecule is CCCCCCCCC(CCCC)CCCC(CCC)CCCC. The largest absolute Gasteiger partial charge is 0.0654 e. The molecule has 0 saturated heterocycles. The van der Waals surface area contributed by atoms with Crippen molar-refractivity contribution in [1.82, 2.24) is 0 Å². The molecule has 0 aliphatic rings. The molecule has 24 heavy (non-hydrogen) atoms. The smallest absolute Gasteiger partial charge is 0.0414 e. The van der Waals surface area contributed by atoms with Crippen molar-refractivity contribution in [3.8, 4) is 0 Å². The van der Waals surface area contributed by atoms with Crippen LogP contribution in [0.4, 0.5) is 0 Å². The molecule has 0 aromatic carbocycles. The molecular weight excluding hydrogens is 288 g/mol. The van der Waals surface area contributed by atoms with Crippen molar-refractivity contribution in [2.75, 3.05) is 0 Å². The lowest BCUT2D eigenvalue weighted by atomic mass is 9.86. The fraction of sp³-hybridized carbons (Fsp3) is 1.00. The molecule has 0 aliphatic heterocycles. The highest BCUT2D eigenvalue weighted by Gasteiger charge is 2.11. The van der Waals surface area contributed by atoms with E-state index in [1.54, 1.807) is 0 Å². The van der Waals surface area contributed by atoms with Crippen LogP contribution in [0.3, 0.4) is 0 Å². The predicted molar refractivity (Wildman–Crippen MR) is 113 cm³/mol. The molecule has 0 amide bonds. The lowest BCUT2D eigenvalue weighted by Gasteiger charge is -2.20. The van der Waals surface area contributed by atoms with Crippen molar-refractivity contribution in [2.24, 2.45) is 11.8 Å². The monoisotopic (exact) mass is 338 g/mol. The summed E-state index contributed by atoms with van der Waals surface area (Å²) in [5.74, 6) is 2.06. The first-order valence-corrected chi connectivity index (χ1v) is 11.8. The highest BCUT2D eigenvalue weighted by Crippen LogP contribution is 2.27. The minimum absolute atomic E-state index is 1.02. The Morgan fingerprint density at radius 2 is 0.750 bits per heavy atom. The molecule has 2 atom stereocenters. The third-order valence-electron chi connectivity index (χ3n) is 5.82. The zero-order chi connectivity index (χ0) is 17.9. The molecule has 0 heterocycles. The Labute approximate surface area is 155 Å². The molecule has 0 radical (unpaired) electrons. The first-order chi connectivity index (χ1) is 11.8. The van der Waals surface area contributed by atoms with E-state index in [-0.39, 0.29) is 0 Å². The Morgan fingerprint density at radius 1 is 0.333 bits per heavy atom. The Balaban J connectivity index is 3.93. The summed E-state index contributed by atoms with van der Waals surface area (Å²) in [7, 11) is 0. The van der Waals surface area contributed by atoms with Crippen LogP contribution in [0.15, 0.2) is 0 Å². The lowest BCUT2D eigenvalue weighted by molar-refractivity contribution is 0.335. The number of hydrogen-bond acceptors (Lipinski definition) is 0. The van der Waals surface area contributed by atoms with Crippen LogP contribution in [0.25, 0.3) is 0 Å². The summed E-state index contributed by atoms with van der Waals surface area (Å²) in [6.07, 6.45) is 26.2. The quantitative estimate of drug-likeness (QED) is 0.206. The molecule has 0 aromatic heterocycles. The van der Waals surface area contributed by atoms with Crippen LogP contribution < -0.4 is 0 Å². The van der Waals surface area contributed by atoms with Crippen molar-refractivity contribution in [2.45, 2.75) is 143 Å². The first kappa shape index (κ1) is 24.0. The predicted octanol–water partition coefficient (Wildman–Crippen LogP) is 9.32. The molecule has 0 aliphatic carbocycles. The van der Waals surface area contributed by atoms with E-state index in [1.807, 2.05) is 0 Å². The third-order valence-corrected chi connectivity index (χ3v) is 5.82. The second kappa shape index (κ2) is 19.3. The topological polar surface area (TPSA) is 0 Å². The van der Waals surface area contributed by atoms with E-state index in [0.717, 1.165) is 11.8 Å². The summed E-state index contributed by atoms with van der Waals surface area (Å²) in [4.78, 5) is 0. The summed E-state index contributed by atoms with van der Waals surface area (Å²) in [6.45, 7) is 9.36. The third kappa shape index (κ3) is 15.5. The molecule has 0 saturated carbocycles. The van der Waals surface area contributed by atoms with Crippen LogP contribution in [0.1, 0.15) is 143 Å². The summed E-state index contributed by atoms with van der Waals surface area (Å²) >= 11 is 0. The summed E-state index contributed by atoms with van der Waals surface area (Å²) < 4.78 is 0. The van der Waals surface area contributed by atoms with Gasteiger partial charge in [0.1, 0.15) is 0 Å². The van der Waals surface area contributed by atoms with Crippen molar-refractivity contribution in [3.05, 3.63) is 0 Å². The van der Waals surface area contributed by atoms with Gasteiger partial charge in [0.05, 0.1) is 0 Å². The van der Waals surface area contributed by atoms with E-state index >= 15 is 0 Å². The minimum atomic E-state index is 1.02. The molecule has 0 bridgehead atoms. The van der Waals surface area contributed by atoms with E-state index in [1.165, 1.54) is 116 Å². The molecule has 0 N–H and O–H groups in total. The van der Waals surface area contributed by atoms with Gasteiger partial charge in [-0.3, -0.25) is 0 Å². The van der Waals surface area contributed by atoms with Gasteiger partial charge in [0.15, 0.2) is 0 Å². The zero-order valence-corrected chi connectivity index (χ0v) is 17.9. The number of rotatable bonds is 19. The molecular formula is C24H50. The first-order valence-electron chi connectivity index (χ1n) is 11.8. The van der Waals surface area contributed by atoms with Gasteiger partial charge in [0, 0.05) is 0 Å². The summed E-state index contributed by atoms with van der Waals surface area (Å²) in [5.41, 5.74) is 0. The molecule has 146 valence electrons. The fourth-order valence-electron chi connectivity index (χ4n) is 4.17. The van der Waals surface area contributed by atoms with Crippen LogP contribution in [-0.2, 0) is 0 Å². The van der Waals surface area contributed by atoms with Gasteiger partial charge in [0.2, 0.25) is 0 Å². The van der Waals surface area contributed by atoms with Gasteiger partial charge in [-0.1, -0.05) is 143 Å². The highest BCUT2D eigenvalue weighted by atomic mass is 14.2. The van der Waals surface area contributed by atoms with E-state index < -0.39 is 0 Å². The molecule has 0 spiro atoms. The zero-order valence-electron chi connectivity index (χ0n) is 17.9. The molecule has 0 heteroatoms. The van der Waals surface area contributed by atoms with Gasteiger partial charge in [-0.2, -0.15) is 0 Å². The van der Waals surface area contributed by atoms with Gasteiger partial charge < -0.3 is 0 Å². The second-order valence-electron chi connectivity index (χ2n) is 8.29. The van der Waals surface area contributed by atoms with Crippen LogP contribution in [0.2, 0.25) is 0 Å². The van der Waals surface area contributed by atoms with Crippen LogP contribution in [0.5, 0.6) is 0 Å². The Kier molecular flexibility index (Phi) is 19.3. The Hall–Kier alpha value is 0. The molecule has 0 fully saturated rings. The van der Waals surface area contributed by atoms with Crippen molar-refractivity contribution in [3.63, 3.8) is 0 Å². The molecule has 2 unspecified atom stereocenters. The summed E-state index contributed by atoms with van der Waals surface area (Å²) in [5, 5.41) is 0. The minimum Gasteiger partial charge on any atom is -0.0654 e. The van der Waals surface area contributed by atoms with Gasteiger partial charge >= 0.3 is 0 Å². The number of unbranched alkanes of at least 4 members (excludes halogenated alkanes) is 7. The average molecular weight is 339 g/mol. The van der Waals surface area contributed by atoms with Gasteiger partial charge in [0.25, 0.3) is 0 Å². The van der Waals surface area contributed by atoms with Crippen LogP contribution in [0, 0.1) is 11.8 Å². The van der Waals surface area contributed by atoms with Crippen LogP contribution in [-0.4, -0.2) is 0 Å². The molecule has 0 aromatic rings. The van der Waals surface area contributed by atoms with Crippen molar-refractivity contribution in [1.29, 1.82) is 0 Å². The standard InChI is InChI=1S/C24H50/c1-5-9-12-13-14-15-20-24(19-11-7-3)22-16-21-23(17-8-4)18-10-6-2/h23-24H,5-22H2,1-4H3. The maximum Gasteiger partial charge on any atom is -0.0414 e. The highest BCUT2D eigenvalue weighted by molar-refractivity contribution is 4.65. The second-order valence-corrected chi connectivity index (χ2v) is 8.29. The summed E-state index contributed by atoms with van der Waals surface area (Å²) in [6, 6.07) is 0. The van der Waals surface area contributed by atoms with E-state index in [9.17, 15) is 0 Å². The Morgan fingerprint density at radius 3 is 1.29 bits per heavy atom. The van der Waals surface area contributed by atoms with Gasteiger partial charge in [-0.15, -0.1) is 0 Å². The maximum absolute atomic E-state index is 2.36. The van der Waals surface area contributed by atoms with Crippen molar-refractivity contribution >= 4 is 0 Å². The number of hydrogen-bond donors (Lipinski definition) is 0. The normalized spacial score (nSPS) is 14.0. The van der Waals surface area contributed by atoms with Crippen molar-refractivity contribution < 1.29 is 0 Å². The van der Waals surface area contributed by atoms with Gasteiger partial charge in [-0.05, 0) is 11.8 Å². The average Bonchev–Trinajstić information content (AvgIpc) is 2.59. The Bertz CT molecular complexity index is 220. The van der Waals surface area contributed by atoms with Gasteiger partial charge in [-0.25, -0.2) is 0 Å².